The van der Waals surface area contributed by atoms with E-state index in [9.17, 15) is 0 Å². The minimum absolute atomic E-state index is 0.304. The Bertz CT molecular complexity index is 270. The van der Waals surface area contributed by atoms with Gasteiger partial charge in [-0.05, 0) is 43.6 Å². The average Bonchev–Trinajstić information content (AvgIpc) is 3.09. The third-order valence-electron chi connectivity index (χ3n) is 4.92. The summed E-state index contributed by atoms with van der Waals surface area (Å²) < 4.78 is 6.01. The minimum atomic E-state index is 0.304. The van der Waals surface area contributed by atoms with E-state index in [0.29, 0.717) is 23.5 Å². The van der Waals surface area contributed by atoms with Crippen molar-refractivity contribution in [3.8, 4) is 0 Å². The van der Waals surface area contributed by atoms with Gasteiger partial charge in [0.25, 0.3) is 0 Å². The number of hydrogen-bond donors (Lipinski definition) is 1. The third-order valence-corrected chi connectivity index (χ3v) is 4.92. The van der Waals surface area contributed by atoms with Crippen LogP contribution in [-0.4, -0.2) is 25.3 Å². The van der Waals surface area contributed by atoms with Crippen LogP contribution in [0.25, 0.3) is 0 Å². The zero-order chi connectivity index (χ0) is 13.3. The fourth-order valence-electron chi connectivity index (χ4n) is 2.98. The summed E-state index contributed by atoms with van der Waals surface area (Å²) in [7, 11) is 0. The van der Waals surface area contributed by atoms with Gasteiger partial charge in [-0.2, -0.15) is 0 Å². The van der Waals surface area contributed by atoms with Crippen molar-refractivity contribution in [2.45, 2.75) is 66.0 Å². The number of ether oxygens (including phenoxy) is 1. The molecule has 2 nitrogen and oxygen atoms in total. The van der Waals surface area contributed by atoms with E-state index in [0.717, 1.165) is 18.4 Å². The second kappa shape index (κ2) is 5.50. The fraction of sp³-hybridized carbons (Fsp3) is 1.00. The van der Waals surface area contributed by atoms with Crippen molar-refractivity contribution in [1.29, 1.82) is 0 Å². The van der Waals surface area contributed by atoms with Gasteiger partial charge in [-0.15, -0.1) is 0 Å². The first-order valence-corrected chi connectivity index (χ1v) is 7.76. The molecule has 106 valence electrons. The third kappa shape index (κ3) is 3.27. The Kier molecular flexibility index (Phi) is 4.38. The van der Waals surface area contributed by atoms with Gasteiger partial charge >= 0.3 is 0 Å². The normalized spacial score (nSPS) is 32.3. The van der Waals surface area contributed by atoms with Gasteiger partial charge in [-0.25, -0.2) is 0 Å². The molecule has 0 aromatic carbocycles. The lowest BCUT2D eigenvalue weighted by molar-refractivity contribution is -0.124. The molecule has 0 saturated heterocycles. The van der Waals surface area contributed by atoms with E-state index in [1.807, 2.05) is 0 Å². The predicted molar refractivity (Wildman–Crippen MR) is 76.7 cm³/mol. The lowest BCUT2D eigenvalue weighted by Crippen LogP contribution is -2.61. The average molecular weight is 253 g/mol. The molecule has 1 N–H and O–H groups in total. The van der Waals surface area contributed by atoms with Crippen LogP contribution >= 0.6 is 0 Å². The Balaban J connectivity index is 1.68. The molecule has 3 unspecified atom stereocenters. The van der Waals surface area contributed by atoms with Gasteiger partial charge in [0, 0.05) is 18.1 Å². The second-order valence-corrected chi connectivity index (χ2v) is 7.55. The van der Waals surface area contributed by atoms with Crippen molar-refractivity contribution in [2.24, 2.45) is 23.2 Å². The number of nitrogens with one attached hydrogen (secondary N) is 1. The fourth-order valence-corrected chi connectivity index (χ4v) is 2.98. The van der Waals surface area contributed by atoms with Gasteiger partial charge in [0.15, 0.2) is 0 Å². The first-order valence-electron chi connectivity index (χ1n) is 7.76. The maximum atomic E-state index is 6.01. The highest BCUT2D eigenvalue weighted by Crippen LogP contribution is 2.43. The molecule has 18 heavy (non-hydrogen) atoms. The predicted octanol–water partition coefficient (Wildman–Crippen LogP) is 3.46. The van der Waals surface area contributed by atoms with E-state index in [-0.39, 0.29) is 0 Å². The molecule has 2 saturated carbocycles. The lowest BCUT2D eigenvalue weighted by atomic mass is 9.64. The first kappa shape index (κ1) is 14.3. The van der Waals surface area contributed by atoms with Crippen molar-refractivity contribution in [1.82, 2.24) is 5.32 Å². The largest absolute Gasteiger partial charge is 0.377 e. The standard InChI is InChI=1S/C16H31NO/c1-11(2)10-18-15-8-14(16(15,4)5)17-9-12(3)13-6-7-13/h11-15,17H,6-10H2,1-5H3. The second-order valence-electron chi connectivity index (χ2n) is 7.55. The van der Waals surface area contributed by atoms with Crippen LogP contribution in [0.3, 0.4) is 0 Å². The van der Waals surface area contributed by atoms with E-state index >= 15 is 0 Å². The first-order chi connectivity index (χ1) is 8.41. The summed E-state index contributed by atoms with van der Waals surface area (Å²) in [5.74, 6) is 2.51. The summed E-state index contributed by atoms with van der Waals surface area (Å²) >= 11 is 0. The molecular weight excluding hydrogens is 222 g/mol. The summed E-state index contributed by atoms with van der Waals surface area (Å²) in [6.45, 7) is 13.6. The summed E-state index contributed by atoms with van der Waals surface area (Å²) in [5.41, 5.74) is 0.304. The van der Waals surface area contributed by atoms with Gasteiger partial charge in [0.1, 0.15) is 0 Å². The molecule has 0 aromatic rings. The van der Waals surface area contributed by atoms with Gasteiger partial charge in [0.2, 0.25) is 0 Å². The van der Waals surface area contributed by atoms with Gasteiger partial charge in [-0.3, -0.25) is 0 Å². The van der Waals surface area contributed by atoms with Gasteiger partial charge in [0.05, 0.1) is 6.10 Å². The van der Waals surface area contributed by atoms with Crippen molar-refractivity contribution in [3.63, 3.8) is 0 Å². The quantitative estimate of drug-likeness (QED) is 0.750. The molecule has 2 heteroatoms. The molecule has 0 aromatic heterocycles. The van der Waals surface area contributed by atoms with Crippen molar-refractivity contribution < 1.29 is 4.74 Å². The Morgan fingerprint density at radius 1 is 1.22 bits per heavy atom. The van der Waals surface area contributed by atoms with Crippen molar-refractivity contribution in [3.05, 3.63) is 0 Å². The lowest BCUT2D eigenvalue weighted by Gasteiger charge is -2.52. The van der Waals surface area contributed by atoms with E-state index in [1.54, 1.807) is 0 Å². The highest BCUT2D eigenvalue weighted by Gasteiger charge is 2.48. The number of hydrogen-bond acceptors (Lipinski definition) is 2. The number of rotatable bonds is 7. The Morgan fingerprint density at radius 2 is 1.89 bits per heavy atom. The maximum Gasteiger partial charge on any atom is 0.0656 e. The molecule has 0 bridgehead atoms. The molecular formula is C16H31NO. The Hall–Kier alpha value is -0.0800. The summed E-state index contributed by atoms with van der Waals surface area (Å²) in [6.07, 6.45) is 4.55. The van der Waals surface area contributed by atoms with Crippen LogP contribution in [0, 0.1) is 23.2 Å². The van der Waals surface area contributed by atoms with Crippen molar-refractivity contribution >= 4 is 0 Å². The molecule has 3 atom stereocenters. The maximum absolute atomic E-state index is 6.01. The van der Waals surface area contributed by atoms with Crippen LogP contribution in [0.4, 0.5) is 0 Å². The minimum Gasteiger partial charge on any atom is -0.377 e. The molecule has 0 radical (unpaired) electrons. The summed E-state index contributed by atoms with van der Waals surface area (Å²) in [6, 6.07) is 0.649. The van der Waals surface area contributed by atoms with E-state index in [1.165, 1.54) is 25.8 Å². The molecule has 0 amide bonds. The molecule has 2 rings (SSSR count). The van der Waals surface area contributed by atoms with Crippen LogP contribution in [0.1, 0.15) is 53.9 Å². The van der Waals surface area contributed by atoms with Gasteiger partial charge < -0.3 is 10.1 Å². The topological polar surface area (TPSA) is 21.3 Å². The molecule has 2 aliphatic rings. The van der Waals surface area contributed by atoms with Crippen LogP contribution in [-0.2, 0) is 4.74 Å². The van der Waals surface area contributed by atoms with E-state index < -0.39 is 0 Å². The van der Waals surface area contributed by atoms with Crippen LogP contribution in [0.5, 0.6) is 0 Å². The highest BCUT2D eigenvalue weighted by atomic mass is 16.5. The van der Waals surface area contributed by atoms with Crippen LogP contribution < -0.4 is 5.32 Å². The zero-order valence-corrected chi connectivity index (χ0v) is 12.8. The summed E-state index contributed by atoms with van der Waals surface area (Å²) in [4.78, 5) is 0. The molecule has 2 fully saturated rings. The van der Waals surface area contributed by atoms with Crippen molar-refractivity contribution in [2.75, 3.05) is 13.2 Å². The smallest absolute Gasteiger partial charge is 0.0656 e. The van der Waals surface area contributed by atoms with Crippen LogP contribution in [0.15, 0.2) is 0 Å². The highest BCUT2D eigenvalue weighted by molar-refractivity contribution is 5.03. The monoisotopic (exact) mass is 253 g/mol. The molecule has 0 spiro atoms. The molecule has 0 aliphatic heterocycles. The molecule has 2 aliphatic carbocycles. The molecule has 0 heterocycles. The summed E-state index contributed by atoms with van der Waals surface area (Å²) in [5, 5.41) is 3.77. The SMILES string of the molecule is CC(C)COC1CC(NCC(C)C2CC2)C1(C)C. The van der Waals surface area contributed by atoms with E-state index in [4.69, 9.17) is 4.74 Å². The van der Waals surface area contributed by atoms with Crippen LogP contribution in [0.2, 0.25) is 0 Å². The van der Waals surface area contributed by atoms with Gasteiger partial charge in [-0.1, -0.05) is 34.6 Å². The zero-order valence-electron chi connectivity index (χ0n) is 12.8. The Morgan fingerprint density at radius 3 is 2.39 bits per heavy atom. The Labute approximate surface area is 113 Å². The van der Waals surface area contributed by atoms with E-state index in [2.05, 4.69) is 39.9 Å².